The lowest BCUT2D eigenvalue weighted by molar-refractivity contribution is -0.0705. The van der Waals surface area contributed by atoms with Crippen LogP contribution in [-0.4, -0.2) is 47.4 Å². The fraction of sp³-hybridized carbons (Fsp3) is 0.545. The number of aromatic amines is 1. The third-order valence-corrected chi connectivity index (χ3v) is 7.11. The van der Waals surface area contributed by atoms with Crippen molar-refractivity contribution in [3.63, 3.8) is 0 Å². The van der Waals surface area contributed by atoms with Gasteiger partial charge in [-0.05, 0) is 51.3 Å². The Kier molecular flexibility index (Phi) is 5.05. The largest absolute Gasteiger partial charge is 0.493 e. The lowest BCUT2D eigenvalue weighted by atomic mass is 9.94. The molecule has 4 heterocycles. The van der Waals surface area contributed by atoms with Crippen molar-refractivity contribution in [1.82, 2.24) is 9.78 Å². The van der Waals surface area contributed by atoms with Gasteiger partial charge in [0.25, 0.3) is 5.56 Å². The molecule has 3 aliphatic rings. The predicted octanol–water partition coefficient (Wildman–Crippen LogP) is 3.97. The zero-order valence-electron chi connectivity index (χ0n) is 18.2. The van der Waals surface area contributed by atoms with Crippen LogP contribution >= 0.6 is 11.8 Å². The van der Waals surface area contributed by atoms with Crippen molar-refractivity contribution < 1.29 is 18.9 Å². The van der Waals surface area contributed by atoms with Crippen molar-refractivity contribution in [3.8, 4) is 17.2 Å². The average Bonchev–Trinajstić information content (AvgIpc) is 3.07. The Morgan fingerprint density at radius 3 is 2.84 bits per heavy atom. The van der Waals surface area contributed by atoms with Crippen molar-refractivity contribution >= 4 is 22.6 Å². The quantitative estimate of drug-likeness (QED) is 0.769. The first-order chi connectivity index (χ1) is 14.9. The molecular formula is C22H27N3O5S. The maximum Gasteiger partial charge on any atom is 0.271 e. The number of hydrogen-bond donors (Lipinski definition) is 1. The van der Waals surface area contributed by atoms with Crippen LogP contribution in [0, 0.1) is 0 Å². The molecule has 1 saturated heterocycles. The van der Waals surface area contributed by atoms with Gasteiger partial charge in [0.2, 0.25) is 5.75 Å². The van der Waals surface area contributed by atoms with Gasteiger partial charge in [0.1, 0.15) is 13.2 Å². The van der Waals surface area contributed by atoms with Crippen molar-refractivity contribution in [3.05, 3.63) is 33.6 Å². The van der Waals surface area contributed by atoms with Gasteiger partial charge in [-0.3, -0.25) is 14.6 Å². The number of fused-ring (bicyclic) bond motifs is 2. The number of thioether (sulfide) groups is 1. The summed E-state index contributed by atoms with van der Waals surface area (Å²) in [6.07, 6.45) is 1.65. The molecule has 0 saturated carbocycles. The highest BCUT2D eigenvalue weighted by Gasteiger charge is 2.36. The lowest BCUT2D eigenvalue weighted by Crippen LogP contribution is -2.35. The predicted molar refractivity (Wildman–Crippen MR) is 120 cm³/mol. The minimum atomic E-state index is -0.234. The minimum Gasteiger partial charge on any atom is -0.493 e. The van der Waals surface area contributed by atoms with Crippen LogP contribution in [0.3, 0.4) is 0 Å². The van der Waals surface area contributed by atoms with E-state index in [0.29, 0.717) is 48.5 Å². The Labute approximate surface area is 184 Å². The van der Waals surface area contributed by atoms with E-state index in [4.69, 9.17) is 23.9 Å². The molecule has 0 radical (unpaired) electrons. The summed E-state index contributed by atoms with van der Waals surface area (Å²) in [7, 11) is 1.61. The first-order valence-corrected chi connectivity index (χ1v) is 11.4. The van der Waals surface area contributed by atoms with E-state index in [9.17, 15) is 4.79 Å². The van der Waals surface area contributed by atoms with Gasteiger partial charge >= 0.3 is 0 Å². The molecule has 1 aromatic carbocycles. The topological polar surface area (TPSA) is 87.1 Å². The molecule has 2 unspecified atom stereocenters. The zero-order chi connectivity index (χ0) is 21.8. The van der Waals surface area contributed by atoms with Crippen molar-refractivity contribution in [2.45, 2.75) is 50.5 Å². The van der Waals surface area contributed by atoms with E-state index in [1.165, 1.54) is 0 Å². The molecule has 3 aliphatic heterocycles. The fourth-order valence-electron chi connectivity index (χ4n) is 4.57. The minimum absolute atomic E-state index is 0.109. The Balaban J connectivity index is 1.60. The van der Waals surface area contributed by atoms with E-state index in [0.717, 1.165) is 23.4 Å². The highest BCUT2D eigenvalue weighted by molar-refractivity contribution is 8.14. The summed E-state index contributed by atoms with van der Waals surface area (Å²) in [6, 6.07) is 4.02. The standard InChI is InChI=1S/C22H27N3O5S/c1-12-23-20-17(21(26)24-25(20)14-5-6-30-22(2,3)11-14)19(31-12)13-9-15(27-4)18-16(10-13)28-7-8-29-18/h9-10,14,19H,5-8,11H2,1-4H3,(H,24,26). The molecule has 8 nitrogen and oxygen atoms in total. The first kappa shape index (κ1) is 20.5. The van der Waals surface area contributed by atoms with Gasteiger partial charge in [-0.25, -0.2) is 4.99 Å². The van der Waals surface area contributed by atoms with Crippen LogP contribution in [0.25, 0.3) is 0 Å². The molecule has 5 rings (SSSR count). The smallest absolute Gasteiger partial charge is 0.271 e. The monoisotopic (exact) mass is 445 g/mol. The molecule has 31 heavy (non-hydrogen) atoms. The van der Waals surface area contributed by atoms with Crippen LogP contribution < -0.4 is 19.8 Å². The first-order valence-electron chi connectivity index (χ1n) is 10.5. The van der Waals surface area contributed by atoms with E-state index in [-0.39, 0.29) is 22.5 Å². The van der Waals surface area contributed by atoms with Crippen LogP contribution in [0.5, 0.6) is 17.2 Å². The fourth-order valence-corrected chi connectivity index (χ4v) is 5.66. The molecule has 2 atom stereocenters. The number of hydrogen-bond acceptors (Lipinski definition) is 7. The van der Waals surface area contributed by atoms with Crippen molar-refractivity contribution in [2.75, 3.05) is 26.9 Å². The molecule has 166 valence electrons. The number of aromatic nitrogens is 2. The Bertz CT molecular complexity index is 1090. The molecule has 0 aliphatic carbocycles. The van der Waals surface area contributed by atoms with E-state index in [1.54, 1.807) is 18.9 Å². The highest BCUT2D eigenvalue weighted by atomic mass is 32.2. The molecule has 1 fully saturated rings. The number of ether oxygens (including phenoxy) is 4. The number of nitrogens with zero attached hydrogens (tertiary/aromatic N) is 2. The molecule has 2 aromatic rings. The molecule has 9 heteroatoms. The van der Waals surface area contributed by atoms with Gasteiger partial charge in [-0.1, -0.05) is 11.8 Å². The van der Waals surface area contributed by atoms with Crippen LogP contribution in [-0.2, 0) is 4.74 Å². The lowest BCUT2D eigenvalue weighted by Gasteiger charge is -2.36. The van der Waals surface area contributed by atoms with Gasteiger partial charge in [0.15, 0.2) is 17.3 Å². The van der Waals surface area contributed by atoms with Gasteiger partial charge in [-0.15, -0.1) is 0 Å². The van der Waals surface area contributed by atoms with E-state index >= 15 is 0 Å². The second-order valence-corrected chi connectivity index (χ2v) is 9.98. The third kappa shape index (κ3) is 3.63. The van der Waals surface area contributed by atoms with Gasteiger partial charge in [0.05, 0.1) is 34.6 Å². The normalized spacial score (nSPS) is 24.3. The summed E-state index contributed by atoms with van der Waals surface area (Å²) < 4.78 is 24.9. The van der Waals surface area contributed by atoms with E-state index in [2.05, 4.69) is 18.9 Å². The average molecular weight is 446 g/mol. The number of rotatable bonds is 3. The summed E-state index contributed by atoms with van der Waals surface area (Å²) >= 11 is 1.57. The molecular weight excluding hydrogens is 418 g/mol. The van der Waals surface area contributed by atoms with Crippen molar-refractivity contribution in [2.24, 2.45) is 4.99 Å². The molecule has 0 spiro atoms. The Morgan fingerprint density at radius 1 is 1.26 bits per heavy atom. The molecule has 0 bridgehead atoms. The molecule has 0 amide bonds. The number of benzene rings is 1. The van der Waals surface area contributed by atoms with E-state index < -0.39 is 0 Å². The van der Waals surface area contributed by atoms with Gasteiger partial charge < -0.3 is 18.9 Å². The summed E-state index contributed by atoms with van der Waals surface area (Å²) in [4.78, 5) is 17.9. The van der Waals surface area contributed by atoms with Crippen LogP contribution in [0.15, 0.2) is 21.9 Å². The summed E-state index contributed by atoms with van der Waals surface area (Å²) in [5.41, 5.74) is 1.25. The summed E-state index contributed by atoms with van der Waals surface area (Å²) in [5, 5.41) is 3.77. The van der Waals surface area contributed by atoms with E-state index in [1.807, 2.05) is 23.7 Å². The third-order valence-electron chi connectivity index (χ3n) is 5.94. The Morgan fingerprint density at radius 2 is 2.06 bits per heavy atom. The van der Waals surface area contributed by atoms with Crippen LogP contribution in [0.4, 0.5) is 5.82 Å². The van der Waals surface area contributed by atoms with Crippen LogP contribution in [0.1, 0.15) is 56.0 Å². The van der Waals surface area contributed by atoms with Gasteiger partial charge in [0, 0.05) is 6.61 Å². The maximum absolute atomic E-state index is 13.1. The zero-order valence-corrected chi connectivity index (χ0v) is 19.0. The number of methoxy groups -OCH3 is 1. The Hall–Kier alpha value is -2.39. The number of aliphatic imine (C=N–C) groups is 1. The van der Waals surface area contributed by atoms with Crippen LogP contribution in [0.2, 0.25) is 0 Å². The maximum atomic E-state index is 13.1. The number of H-pyrrole nitrogens is 1. The number of nitrogens with one attached hydrogen (secondary N) is 1. The highest BCUT2D eigenvalue weighted by Crippen LogP contribution is 2.49. The second kappa shape index (κ2) is 7.63. The molecule has 1 aromatic heterocycles. The molecule has 1 N–H and O–H groups in total. The SMILES string of the molecule is COc1cc(C2SC(C)=Nc3c2c(=O)[nH]n3C2CCOC(C)(C)C2)cc2c1OCCO2. The summed E-state index contributed by atoms with van der Waals surface area (Å²) in [5.74, 6) is 2.57. The summed E-state index contributed by atoms with van der Waals surface area (Å²) in [6.45, 7) is 7.78. The van der Waals surface area contributed by atoms with Gasteiger partial charge in [-0.2, -0.15) is 0 Å². The second-order valence-electron chi connectivity index (χ2n) is 8.68. The van der Waals surface area contributed by atoms with Crippen molar-refractivity contribution in [1.29, 1.82) is 0 Å².